The highest BCUT2D eigenvalue weighted by Crippen LogP contribution is 2.17. The number of benzene rings is 1. The van der Waals surface area contributed by atoms with Crippen molar-refractivity contribution in [2.45, 2.75) is 13.3 Å². The molecule has 0 bridgehead atoms. The van der Waals surface area contributed by atoms with Crippen LogP contribution in [0, 0.1) is 11.2 Å². The van der Waals surface area contributed by atoms with Crippen molar-refractivity contribution in [1.29, 1.82) is 5.41 Å². The van der Waals surface area contributed by atoms with E-state index in [0.29, 0.717) is 11.3 Å². The summed E-state index contributed by atoms with van der Waals surface area (Å²) < 4.78 is 15.6. The molecule has 88 valence electrons. The van der Waals surface area contributed by atoms with E-state index in [0.717, 1.165) is 12.2 Å². The molecule has 0 spiro atoms. The molecule has 0 unspecified atom stereocenters. The monoisotopic (exact) mass is 232 g/mol. The molecule has 0 aliphatic heterocycles. The summed E-state index contributed by atoms with van der Waals surface area (Å²) in [5.74, 6) is 0.238. The Morgan fingerprint density at radius 2 is 2.29 bits per heavy atom. The van der Waals surface area contributed by atoms with Gasteiger partial charge in [0.15, 0.2) is 0 Å². The lowest BCUT2D eigenvalue weighted by molar-refractivity contribution is 0.615. The van der Waals surface area contributed by atoms with Crippen molar-refractivity contribution in [3.05, 3.63) is 47.8 Å². The number of aromatic nitrogens is 2. The highest BCUT2D eigenvalue weighted by Gasteiger charge is 2.09. The molecule has 5 heteroatoms. The number of rotatable bonds is 3. The Balaban J connectivity index is 2.50. The van der Waals surface area contributed by atoms with E-state index in [1.165, 1.54) is 6.07 Å². The smallest absolute Gasteiger partial charge is 0.147 e. The minimum atomic E-state index is -0.412. The Morgan fingerprint density at radius 1 is 1.53 bits per heavy atom. The van der Waals surface area contributed by atoms with Gasteiger partial charge in [0.1, 0.15) is 17.5 Å². The lowest BCUT2D eigenvalue weighted by Crippen LogP contribution is -2.12. The lowest BCUT2D eigenvalue weighted by atomic mass is 10.2. The van der Waals surface area contributed by atoms with E-state index in [2.05, 4.69) is 4.98 Å². The predicted octanol–water partition coefficient (Wildman–Crippen LogP) is 1.86. The molecule has 0 aliphatic rings. The van der Waals surface area contributed by atoms with Crippen LogP contribution in [0.5, 0.6) is 0 Å². The summed E-state index contributed by atoms with van der Waals surface area (Å²) in [7, 11) is 0. The third-order valence-corrected chi connectivity index (χ3v) is 2.55. The molecular weight excluding hydrogens is 219 g/mol. The molecule has 0 fully saturated rings. The average molecular weight is 232 g/mol. The zero-order valence-electron chi connectivity index (χ0n) is 9.44. The normalized spacial score (nSPS) is 10.5. The van der Waals surface area contributed by atoms with Gasteiger partial charge in [0.25, 0.3) is 0 Å². The molecule has 0 aliphatic carbocycles. The molecule has 3 N–H and O–H groups in total. The fourth-order valence-corrected chi connectivity index (χ4v) is 1.69. The van der Waals surface area contributed by atoms with Crippen LogP contribution in [0.3, 0.4) is 0 Å². The van der Waals surface area contributed by atoms with Crippen molar-refractivity contribution >= 4 is 5.84 Å². The van der Waals surface area contributed by atoms with E-state index < -0.39 is 5.82 Å². The number of hydrogen-bond acceptors (Lipinski definition) is 2. The fraction of sp³-hybridized carbons (Fsp3) is 0.167. The summed E-state index contributed by atoms with van der Waals surface area (Å²) in [6.07, 6.45) is 4.07. The Morgan fingerprint density at radius 3 is 2.88 bits per heavy atom. The van der Waals surface area contributed by atoms with E-state index >= 15 is 0 Å². The maximum Gasteiger partial charge on any atom is 0.147 e. The number of nitrogen functional groups attached to an aromatic ring is 1. The van der Waals surface area contributed by atoms with Crippen molar-refractivity contribution in [3.8, 4) is 5.69 Å². The molecule has 17 heavy (non-hydrogen) atoms. The average Bonchev–Trinajstić information content (AvgIpc) is 2.76. The Labute approximate surface area is 98.4 Å². The maximum absolute atomic E-state index is 13.9. The van der Waals surface area contributed by atoms with Crippen molar-refractivity contribution in [2.24, 2.45) is 5.73 Å². The number of nitrogens with one attached hydrogen (secondary N) is 1. The molecule has 0 amide bonds. The maximum atomic E-state index is 13.9. The van der Waals surface area contributed by atoms with Gasteiger partial charge in [0, 0.05) is 24.4 Å². The van der Waals surface area contributed by atoms with Crippen LogP contribution in [0.25, 0.3) is 5.69 Å². The first-order valence-electron chi connectivity index (χ1n) is 5.30. The van der Waals surface area contributed by atoms with Gasteiger partial charge in [0.05, 0.1) is 5.69 Å². The summed E-state index contributed by atoms with van der Waals surface area (Å²) in [6, 6.07) is 4.49. The molecule has 0 radical (unpaired) electrons. The molecule has 1 aromatic carbocycles. The molecule has 4 nitrogen and oxygen atoms in total. The number of nitrogens with zero attached hydrogens (tertiary/aromatic N) is 2. The molecule has 1 heterocycles. The van der Waals surface area contributed by atoms with Crippen molar-refractivity contribution < 1.29 is 4.39 Å². The molecule has 0 atom stereocenters. The molecule has 1 aromatic heterocycles. The van der Waals surface area contributed by atoms with Crippen LogP contribution < -0.4 is 5.73 Å². The second-order valence-corrected chi connectivity index (χ2v) is 3.65. The summed E-state index contributed by atoms with van der Waals surface area (Å²) in [5.41, 5.74) is 6.10. The number of imidazole rings is 1. The molecule has 0 saturated heterocycles. The summed E-state index contributed by atoms with van der Waals surface area (Å²) in [6.45, 7) is 1.96. The predicted molar refractivity (Wildman–Crippen MR) is 63.9 cm³/mol. The fourth-order valence-electron chi connectivity index (χ4n) is 1.69. The van der Waals surface area contributed by atoms with E-state index in [4.69, 9.17) is 11.1 Å². The number of hydrogen-bond donors (Lipinski definition) is 2. The molecule has 0 saturated carbocycles. The van der Waals surface area contributed by atoms with Gasteiger partial charge in [-0.15, -0.1) is 0 Å². The number of aryl methyl sites for hydroxylation is 1. The highest BCUT2D eigenvalue weighted by atomic mass is 19.1. The van der Waals surface area contributed by atoms with E-state index in [1.54, 1.807) is 29.1 Å². The first-order valence-corrected chi connectivity index (χ1v) is 5.30. The third-order valence-electron chi connectivity index (χ3n) is 2.55. The van der Waals surface area contributed by atoms with Crippen LogP contribution in [0.1, 0.15) is 18.3 Å². The van der Waals surface area contributed by atoms with Crippen LogP contribution >= 0.6 is 0 Å². The lowest BCUT2D eigenvalue weighted by Gasteiger charge is -2.08. The van der Waals surface area contributed by atoms with Gasteiger partial charge in [-0.1, -0.05) is 6.92 Å². The van der Waals surface area contributed by atoms with Crippen LogP contribution in [-0.2, 0) is 6.42 Å². The standard InChI is InChI=1S/C12H13FN4/c1-2-11-16-5-6-17(11)10-4-3-8(12(14)15)7-9(10)13/h3-7H,2H2,1H3,(H3,14,15). The van der Waals surface area contributed by atoms with Crippen LogP contribution in [0.2, 0.25) is 0 Å². The number of halogens is 1. The first-order chi connectivity index (χ1) is 8.13. The quantitative estimate of drug-likeness (QED) is 0.626. The SMILES string of the molecule is CCc1nccn1-c1ccc(C(=N)N)cc1F. The summed E-state index contributed by atoms with van der Waals surface area (Å²) in [5, 5.41) is 7.25. The van der Waals surface area contributed by atoms with Crippen LogP contribution in [0.15, 0.2) is 30.6 Å². The van der Waals surface area contributed by atoms with Gasteiger partial charge in [-0.3, -0.25) is 5.41 Å². The zero-order valence-corrected chi connectivity index (χ0v) is 9.44. The van der Waals surface area contributed by atoms with Gasteiger partial charge in [-0.25, -0.2) is 9.37 Å². The van der Waals surface area contributed by atoms with E-state index in [9.17, 15) is 4.39 Å². The first kappa shape index (κ1) is 11.3. The molecular formula is C12H13FN4. The second-order valence-electron chi connectivity index (χ2n) is 3.65. The Kier molecular flexibility index (Phi) is 2.91. The van der Waals surface area contributed by atoms with Crippen LogP contribution in [0.4, 0.5) is 4.39 Å². The second kappa shape index (κ2) is 4.37. The van der Waals surface area contributed by atoms with Crippen molar-refractivity contribution in [3.63, 3.8) is 0 Å². The third kappa shape index (κ3) is 2.04. The summed E-state index contributed by atoms with van der Waals surface area (Å²) in [4.78, 5) is 4.14. The van der Waals surface area contributed by atoms with Crippen molar-refractivity contribution in [2.75, 3.05) is 0 Å². The van der Waals surface area contributed by atoms with Gasteiger partial charge in [-0.2, -0.15) is 0 Å². The molecule has 2 rings (SSSR count). The van der Waals surface area contributed by atoms with Crippen LogP contribution in [-0.4, -0.2) is 15.4 Å². The van der Waals surface area contributed by atoms with Gasteiger partial charge < -0.3 is 10.3 Å². The van der Waals surface area contributed by atoms with Crippen molar-refractivity contribution in [1.82, 2.24) is 9.55 Å². The van der Waals surface area contributed by atoms with E-state index in [1.807, 2.05) is 6.92 Å². The summed E-state index contributed by atoms with van der Waals surface area (Å²) >= 11 is 0. The van der Waals surface area contributed by atoms with Gasteiger partial charge in [-0.05, 0) is 18.2 Å². The Bertz CT molecular complexity index is 559. The molecule has 2 aromatic rings. The zero-order chi connectivity index (χ0) is 12.4. The van der Waals surface area contributed by atoms with E-state index in [-0.39, 0.29) is 5.84 Å². The highest BCUT2D eigenvalue weighted by molar-refractivity contribution is 5.95. The minimum absolute atomic E-state index is 0.142. The Hall–Kier alpha value is -2.17. The minimum Gasteiger partial charge on any atom is -0.384 e. The number of nitrogens with two attached hydrogens (primary N) is 1. The van der Waals surface area contributed by atoms with Gasteiger partial charge >= 0.3 is 0 Å². The topological polar surface area (TPSA) is 67.7 Å². The number of amidine groups is 1. The largest absolute Gasteiger partial charge is 0.384 e. The van der Waals surface area contributed by atoms with Gasteiger partial charge in [0.2, 0.25) is 0 Å².